The maximum atomic E-state index is 12.1. The number of aryl methyl sites for hydroxylation is 1. The number of carbonyl (C=O) groups is 1. The predicted molar refractivity (Wildman–Crippen MR) is 80.7 cm³/mol. The Morgan fingerprint density at radius 1 is 1.43 bits per heavy atom. The van der Waals surface area contributed by atoms with Crippen molar-refractivity contribution in [2.45, 2.75) is 19.1 Å². The Bertz CT molecular complexity index is 610. The van der Waals surface area contributed by atoms with Crippen molar-refractivity contribution in [1.82, 2.24) is 14.7 Å². The summed E-state index contributed by atoms with van der Waals surface area (Å²) in [5.41, 5.74) is 1.64. The van der Waals surface area contributed by atoms with Crippen molar-refractivity contribution in [1.29, 1.82) is 0 Å². The molecule has 1 atom stereocenters. The first-order valence-electron chi connectivity index (χ1n) is 6.60. The lowest BCUT2D eigenvalue weighted by Crippen LogP contribution is -2.27. The van der Waals surface area contributed by atoms with Gasteiger partial charge in [-0.25, -0.2) is 0 Å². The van der Waals surface area contributed by atoms with Crippen LogP contribution in [0.15, 0.2) is 36.7 Å². The van der Waals surface area contributed by atoms with Crippen molar-refractivity contribution in [3.8, 4) is 0 Å². The third kappa shape index (κ3) is 4.31. The predicted octanol–water partition coefficient (Wildman–Crippen LogP) is 2.16. The highest BCUT2D eigenvalue weighted by Crippen LogP contribution is 2.20. The lowest BCUT2D eigenvalue weighted by molar-refractivity contribution is -0.132. The van der Waals surface area contributed by atoms with E-state index in [9.17, 15) is 9.90 Å². The van der Waals surface area contributed by atoms with E-state index in [0.717, 1.165) is 5.56 Å². The zero-order chi connectivity index (χ0) is 15.4. The lowest BCUT2D eigenvalue weighted by atomic mass is 10.1. The average Bonchev–Trinajstić information content (AvgIpc) is 2.84. The summed E-state index contributed by atoms with van der Waals surface area (Å²) in [6, 6.07) is 6.84. The number of halogens is 1. The number of aliphatic hydroxyl groups is 1. The Hall–Kier alpha value is -1.85. The molecule has 0 aliphatic carbocycles. The molecule has 0 aliphatic heterocycles. The van der Waals surface area contributed by atoms with Crippen molar-refractivity contribution in [3.63, 3.8) is 0 Å². The molecule has 0 fully saturated rings. The normalized spacial score (nSPS) is 12.2. The van der Waals surface area contributed by atoms with E-state index >= 15 is 0 Å². The second-order valence-corrected chi connectivity index (χ2v) is 5.48. The number of hydrogen-bond donors (Lipinski definition) is 1. The van der Waals surface area contributed by atoms with Crippen LogP contribution in [0.25, 0.3) is 0 Å². The van der Waals surface area contributed by atoms with Crippen LogP contribution in [0.4, 0.5) is 0 Å². The molecule has 1 aromatic carbocycles. The van der Waals surface area contributed by atoms with Crippen LogP contribution in [0.5, 0.6) is 0 Å². The van der Waals surface area contributed by atoms with Crippen molar-refractivity contribution in [2.24, 2.45) is 7.05 Å². The largest absolute Gasteiger partial charge is 0.388 e. The van der Waals surface area contributed by atoms with Gasteiger partial charge in [0.25, 0.3) is 0 Å². The molecule has 1 aromatic heterocycles. The first-order valence-corrected chi connectivity index (χ1v) is 6.98. The Labute approximate surface area is 128 Å². The van der Waals surface area contributed by atoms with Crippen LogP contribution in [-0.4, -0.2) is 32.7 Å². The summed E-state index contributed by atoms with van der Waals surface area (Å²) >= 11 is 5.80. The molecular weight excluding hydrogens is 290 g/mol. The maximum Gasteiger partial charge on any atom is 0.225 e. The van der Waals surface area contributed by atoms with E-state index < -0.39 is 6.10 Å². The SMILES string of the molecule is CN(Cc1cnn(C)c1)C(=O)CC(O)c1ccc(Cl)cc1. The fourth-order valence-electron chi connectivity index (χ4n) is 2.04. The highest BCUT2D eigenvalue weighted by atomic mass is 35.5. The molecule has 0 bridgehead atoms. The van der Waals surface area contributed by atoms with Gasteiger partial charge in [0.15, 0.2) is 0 Å². The Balaban J connectivity index is 1.92. The van der Waals surface area contributed by atoms with Gasteiger partial charge in [0.1, 0.15) is 0 Å². The average molecular weight is 308 g/mol. The molecule has 0 aliphatic rings. The first-order chi connectivity index (χ1) is 9.95. The lowest BCUT2D eigenvalue weighted by Gasteiger charge is -2.18. The molecule has 2 rings (SSSR count). The third-order valence-electron chi connectivity index (χ3n) is 3.23. The summed E-state index contributed by atoms with van der Waals surface area (Å²) in [7, 11) is 3.54. The molecule has 1 unspecified atom stereocenters. The minimum absolute atomic E-state index is 0.0401. The summed E-state index contributed by atoms with van der Waals surface area (Å²) in [5.74, 6) is -0.124. The monoisotopic (exact) mass is 307 g/mol. The number of nitrogens with zero attached hydrogens (tertiary/aromatic N) is 3. The maximum absolute atomic E-state index is 12.1. The standard InChI is InChI=1S/C15H18ClN3O2/c1-18(9-11-8-17-19(2)10-11)15(21)7-14(20)12-3-5-13(16)6-4-12/h3-6,8,10,14,20H,7,9H2,1-2H3. The highest BCUT2D eigenvalue weighted by molar-refractivity contribution is 6.30. The Morgan fingerprint density at radius 2 is 2.10 bits per heavy atom. The van der Waals surface area contributed by atoms with E-state index in [4.69, 9.17) is 11.6 Å². The van der Waals surface area contributed by atoms with Crippen LogP contribution >= 0.6 is 11.6 Å². The molecule has 1 amide bonds. The molecule has 0 saturated carbocycles. The van der Waals surface area contributed by atoms with Crippen molar-refractivity contribution >= 4 is 17.5 Å². The number of hydrogen-bond acceptors (Lipinski definition) is 3. The van der Waals surface area contributed by atoms with Crippen LogP contribution in [0.1, 0.15) is 23.7 Å². The van der Waals surface area contributed by atoms with E-state index in [1.54, 1.807) is 47.1 Å². The van der Waals surface area contributed by atoms with Gasteiger partial charge in [0.05, 0.1) is 18.7 Å². The number of amides is 1. The van der Waals surface area contributed by atoms with Gasteiger partial charge in [-0.3, -0.25) is 9.48 Å². The molecule has 1 heterocycles. The molecule has 112 valence electrons. The number of carbonyl (C=O) groups excluding carboxylic acids is 1. The molecule has 1 N–H and O–H groups in total. The van der Waals surface area contributed by atoms with Crippen LogP contribution in [0, 0.1) is 0 Å². The van der Waals surface area contributed by atoms with E-state index in [-0.39, 0.29) is 12.3 Å². The summed E-state index contributed by atoms with van der Waals surface area (Å²) in [4.78, 5) is 13.7. The topological polar surface area (TPSA) is 58.4 Å². The molecule has 0 saturated heterocycles. The van der Waals surface area contributed by atoms with Crippen molar-refractivity contribution in [3.05, 3.63) is 52.8 Å². The van der Waals surface area contributed by atoms with Crippen LogP contribution < -0.4 is 0 Å². The van der Waals surface area contributed by atoms with Gasteiger partial charge in [-0.05, 0) is 17.7 Å². The molecular formula is C15H18ClN3O2. The van der Waals surface area contributed by atoms with Crippen molar-refractivity contribution in [2.75, 3.05) is 7.05 Å². The van der Waals surface area contributed by atoms with Gasteiger partial charge in [-0.1, -0.05) is 23.7 Å². The summed E-state index contributed by atoms with van der Waals surface area (Å²) in [6.07, 6.45) is 2.79. The number of rotatable bonds is 5. The van der Waals surface area contributed by atoms with Crippen LogP contribution in [0.3, 0.4) is 0 Å². The summed E-state index contributed by atoms with van der Waals surface area (Å²) in [5, 5.41) is 14.8. The van der Waals surface area contributed by atoms with Gasteiger partial charge >= 0.3 is 0 Å². The van der Waals surface area contributed by atoms with Crippen LogP contribution in [-0.2, 0) is 18.4 Å². The van der Waals surface area contributed by atoms with E-state index in [1.807, 2.05) is 13.2 Å². The second-order valence-electron chi connectivity index (χ2n) is 5.04. The fraction of sp³-hybridized carbons (Fsp3) is 0.333. The minimum Gasteiger partial charge on any atom is -0.388 e. The molecule has 21 heavy (non-hydrogen) atoms. The van der Waals surface area contributed by atoms with Gasteiger partial charge in [-0.2, -0.15) is 5.10 Å². The second kappa shape index (κ2) is 6.74. The third-order valence-corrected chi connectivity index (χ3v) is 3.48. The van der Waals surface area contributed by atoms with Gasteiger partial charge in [0, 0.05) is 37.4 Å². The first kappa shape index (κ1) is 15.5. The van der Waals surface area contributed by atoms with E-state index in [2.05, 4.69) is 5.10 Å². The van der Waals surface area contributed by atoms with Gasteiger partial charge < -0.3 is 10.0 Å². The fourth-order valence-corrected chi connectivity index (χ4v) is 2.17. The molecule has 5 nitrogen and oxygen atoms in total. The summed E-state index contributed by atoms with van der Waals surface area (Å²) < 4.78 is 1.69. The zero-order valence-corrected chi connectivity index (χ0v) is 12.8. The quantitative estimate of drug-likeness (QED) is 0.921. The van der Waals surface area contributed by atoms with Crippen LogP contribution in [0.2, 0.25) is 5.02 Å². The van der Waals surface area contributed by atoms with E-state index in [0.29, 0.717) is 17.1 Å². The van der Waals surface area contributed by atoms with Gasteiger partial charge in [-0.15, -0.1) is 0 Å². The molecule has 2 aromatic rings. The number of aliphatic hydroxyl groups excluding tert-OH is 1. The smallest absolute Gasteiger partial charge is 0.225 e. The molecule has 6 heteroatoms. The van der Waals surface area contributed by atoms with Gasteiger partial charge in [0.2, 0.25) is 5.91 Å². The molecule has 0 radical (unpaired) electrons. The zero-order valence-electron chi connectivity index (χ0n) is 12.0. The van der Waals surface area contributed by atoms with Crippen molar-refractivity contribution < 1.29 is 9.90 Å². The summed E-state index contributed by atoms with van der Waals surface area (Å²) in [6.45, 7) is 0.472. The number of aromatic nitrogens is 2. The minimum atomic E-state index is -0.828. The Morgan fingerprint density at radius 3 is 2.67 bits per heavy atom. The van der Waals surface area contributed by atoms with E-state index in [1.165, 1.54) is 0 Å². The number of benzene rings is 1. The molecule has 0 spiro atoms. The Kier molecular flexibility index (Phi) is 4.98. The highest BCUT2D eigenvalue weighted by Gasteiger charge is 2.17.